The molecule has 1 saturated heterocycles. The Morgan fingerprint density at radius 3 is 2.83 bits per heavy atom. The molecule has 1 aromatic carbocycles. The maximum atomic E-state index is 12.4. The van der Waals surface area contributed by atoms with Crippen LogP contribution in [0.2, 0.25) is 0 Å². The van der Waals surface area contributed by atoms with Gasteiger partial charge in [-0.25, -0.2) is 0 Å². The third kappa shape index (κ3) is 3.76. The molecular formula is C18H24N4O2. The lowest BCUT2D eigenvalue weighted by Gasteiger charge is -2.29. The zero-order valence-corrected chi connectivity index (χ0v) is 14.0. The van der Waals surface area contributed by atoms with Crippen LogP contribution in [-0.4, -0.2) is 28.5 Å². The number of ether oxygens (including phenoxy) is 1. The number of rotatable bonds is 4. The number of anilines is 1. The van der Waals surface area contributed by atoms with Gasteiger partial charge in [0, 0.05) is 19.7 Å². The number of benzene rings is 1. The molecule has 2 N–H and O–H groups in total. The second-order valence-corrected chi connectivity index (χ2v) is 6.24. The van der Waals surface area contributed by atoms with Crippen molar-refractivity contribution in [2.24, 2.45) is 18.7 Å². The van der Waals surface area contributed by atoms with Crippen LogP contribution < -0.4 is 10.6 Å². The van der Waals surface area contributed by atoms with E-state index in [1.807, 2.05) is 48.1 Å². The van der Waals surface area contributed by atoms with Crippen molar-refractivity contribution in [2.45, 2.75) is 32.0 Å². The van der Waals surface area contributed by atoms with E-state index in [1.54, 1.807) is 6.20 Å². The monoisotopic (exact) mass is 328 g/mol. The molecule has 1 aliphatic heterocycles. The Hall–Kier alpha value is -2.34. The van der Waals surface area contributed by atoms with Crippen LogP contribution in [0, 0.1) is 5.92 Å². The molecule has 1 aliphatic rings. The lowest BCUT2D eigenvalue weighted by atomic mass is 10.00. The number of hydrogen-bond acceptors (Lipinski definition) is 5. The predicted molar refractivity (Wildman–Crippen MR) is 92.1 cm³/mol. The number of aryl methyl sites for hydroxylation is 1. The molecule has 2 heterocycles. The first-order chi connectivity index (χ1) is 11.6. The molecule has 6 heteroatoms. The molecule has 0 aliphatic carbocycles. The summed E-state index contributed by atoms with van der Waals surface area (Å²) in [5, 5.41) is 4.20. The summed E-state index contributed by atoms with van der Waals surface area (Å²) in [4.78, 5) is 14.5. The van der Waals surface area contributed by atoms with Crippen molar-refractivity contribution in [1.82, 2.24) is 9.78 Å². The van der Waals surface area contributed by atoms with Gasteiger partial charge in [0.05, 0.1) is 18.3 Å². The van der Waals surface area contributed by atoms with Crippen molar-refractivity contribution in [3.05, 3.63) is 48.2 Å². The van der Waals surface area contributed by atoms with Gasteiger partial charge in [0.1, 0.15) is 12.4 Å². The van der Waals surface area contributed by atoms with Crippen molar-refractivity contribution in [3.63, 3.8) is 0 Å². The minimum atomic E-state index is -0.211. The Balaban J connectivity index is 1.59. The zero-order chi connectivity index (χ0) is 16.9. The molecule has 0 amide bonds. The first-order valence-corrected chi connectivity index (χ1v) is 8.36. The van der Waals surface area contributed by atoms with Crippen molar-refractivity contribution in [3.8, 4) is 0 Å². The van der Waals surface area contributed by atoms with Gasteiger partial charge in [-0.2, -0.15) is 5.10 Å². The minimum absolute atomic E-state index is 0.151. The summed E-state index contributed by atoms with van der Waals surface area (Å²) < 4.78 is 7.30. The quantitative estimate of drug-likeness (QED) is 0.870. The maximum Gasteiger partial charge on any atom is 0.309 e. The number of nitrogens with two attached hydrogens (primary N) is 1. The van der Waals surface area contributed by atoms with Gasteiger partial charge in [-0.3, -0.25) is 9.48 Å². The highest BCUT2D eigenvalue weighted by atomic mass is 16.5. The van der Waals surface area contributed by atoms with Crippen molar-refractivity contribution < 1.29 is 9.53 Å². The summed E-state index contributed by atoms with van der Waals surface area (Å²) in [5.41, 5.74) is 7.35. The van der Waals surface area contributed by atoms with Gasteiger partial charge in [0.25, 0.3) is 0 Å². The Morgan fingerprint density at radius 2 is 2.12 bits per heavy atom. The standard InChI is InChI=1S/C18H24N4O2/c1-21-17(9-10-20-21)22-11-5-8-15(12-16(22)19)18(23)24-13-14-6-3-2-4-7-14/h2-4,6-7,9-10,15-16H,5,8,11-13,19H2,1H3. The molecule has 2 unspecified atom stereocenters. The Kier molecular flexibility index (Phi) is 5.15. The highest BCUT2D eigenvalue weighted by Gasteiger charge is 2.30. The second-order valence-electron chi connectivity index (χ2n) is 6.24. The van der Waals surface area contributed by atoms with E-state index in [-0.39, 0.29) is 18.1 Å². The molecule has 24 heavy (non-hydrogen) atoms. The van der Waals surface area contributed by atoms with Crippen LogP contribution in [0.5, 0.6) is 0 Å². The normalized spacial score (nSPS) is 21.3. The van der Waals surface area contributed by atoms with Crippen molar-refractivity contribution in [2.75, 3.05) is 11.4 Å². The fourth-order valence-electron chi connectivity index (χ4n) is 3.20. The molecule has 128 valence electrons. The summed E-state index contributed by atoms with van der Waals surface area (Å²) >= 11 is 0. The number of nitrogens with zero attached hydrogens (tertiary/aromatic N) is 3. The van der Waals surface area contributed by atoms with Gasteiger partial charge < -0.3 is 15.4 Å². The van der Waals surface area contributed by atoms with E-state index in [2.05, 4.69) is 10.00 Å². The zero-order valence-electron chi connectivity index (χ0n) is 14.0. The van der Waals surface area contributed by atoms with E-state index >= 15 is 0 Å². The van der Waals surface area contributed by atoms with Crippen LogP contribution in [0.3, 0.4) is 0 Å². The van der Waals surface area contributed by atoms with Crippen LogP contribution >= 0.6 is 0 Å². The van der Waals surface area contributed by atoms with Crippen molar-refractivity contribution >= 4 is 11.8 Å². The first-order valence-electron chi connectivity index (χ1n) is 8.36. The van der Waals surface area contributed by atoms with Crippen LogP contribution in [0.4, 0.5) is 5.82 Å². The summed E-state index contributed by atoms with van der Waals surface area (Å²) in [5.74, 6) is 0.684. The first kappa shape index (κ1) is 16.5. The summed E-state index contributed by atoms with van der Waals surface area (Å²) in [6, 6.07) is 11.7. The SMILES string of the molecule is Cn1nccc1N1CCCC(C(=O)OCc2ccccc2)CC1N. The minimum Gasteiger partial charge on any atom is -0.461 e. The third-order valence-electron chi connectivity index (χ3n) is 4.52. The predicted octanol–water partition coefficient (Wildman–Crippen LogP) is 2.05. The Labute approximate surface area is 142 Å². The average molecular weight is 328 g/mol. The van der Waals surface area contributed by atoms with Gasteiger partial charge in [-0.05, 0) is 24.8 Å². The largest absolute Gasteiger partial charge is 0.461 e. The maximum absolute atomic E-state index is 12.4. The van der Waals surface area contributed by atoms with Crippen LogP contribution in [-0.2, 0) is 23.2 Å². The summed E-state index contributed by atoms with van der Waals surface area (Å²) in [6.07, 6.45) is 3.86. The van der Waals surface area contributed by atoms with Gasteiger partial charge in [-0.15, -0.1) is 0 Å². The molecule has 0 spiro atoms. The van der Waals surface area contributed by atoms with Gasteiger partial charge in [-0.1, -0.05) is 30.3 Å². The Morgan fingerprint density at radius 1 is 1.33 bits per heavy atom. The number of esters is 1. The van der Waals surface area contributed by atoms with Crippen LogP contribution in [0.1, 0.15) is 24.8 Å². The van der Waals surface area contributed by atoms with Gasteiger partial charge >= 0.3 is 5.97 Å². The number of aromatic nitrogens is 2. The lowest BCUT2D eigenvalue weighted by Crippen LogP contribution is -2.43. The molecule has 2 aromatic rings. The third-order valence-corrected chi connectivity index (χ3v) is 4.52. The smallest absolute Gasteiger partial charge is 0.309 e. The lowest BCUT2D eigenvalue weighted by molar-refractivity contribution is -0.150. The van der Waals surface area contributed by atoms with E-state index in [4.69, 9.17) is 10.5 Å². The summed E-state index contributed by atoms with van der Waals surface area (Å²) in [7, 11) is 1.90. The van der Waals surface area contributed by atoms with E-state index in [1.165, 1.54) is 0 Å². The van der Waals surface area contributed by atoms with Crippen LogP contribution in [0.25, 0.3) is 0 Å². The van der Waals surface area contributed by atoms with E-state index in [9.17, 15) is 4.79 Å². The number of carbonyl (C=O) groups excluding carboxylic acids is 1. The van der Waals surface area contributed by atoms with Crippen molar-refractivity contribution in [1.29, 1.82) is 0 Å². The molecule has 2 atom stereocenters. The van der Waals surface area contributed by atoms with E-state index in [0.717, 1.165) is 30.8 Å². The van der Waals surface area contributed by atoms with E-state index in [0.29, 0.717) is 13.0 Å². The molecule has 0 radical (unpaired) electrons. The van der Waals surface area contributed by atoms with Gasteiger partial charge in [0.2, 0.25) is 0 Å². The fourth-order valence-corrected chi connectivity index (χ4v) is 3.20. The molecule has 1 aromatic heterocycles. The Bertz CT molecular complexity index is 671. The average Bonchev–Trinajstić information content (AvgIpc) is 2.92. The molecule has 0 saturated carbocycles. The highest BCUT2D eigenvalue weighted by Crippen LogP contribution is 2.26. The van der Waals surface area contributed by atoms with E-state index < -0.39 is 0 Å². The molecule has 0 bridgehead atoms. The second kappa shape index (κ2) is 7.49. The number of hydrogen-bond donors (Lipinski definition) is 1. The fraction of sp³-hybridized carbons (Fsp3) is 0.444. The van der Waals surface area contributed by atoms with Crippen LogP contribution in [0.15, 0.2) is 42.6 Å². The van der Waals surface area contributed by atoms with Gasteiger partial charge in [0.15, 0.2) is 0 Å². The molecule has 1 fully saturated rings. The number of carbonyl (C=O) groups is 1. The topological polar surface area (TPSA) is 73.4 Å². The molecular weight excluding hydrogens is 304 g/mol. The highest BCUT2D eigenvalue weighted by molar-refractivity contribution is 5.72. The molecule has 6 nitrogen and oxygen atoms in total. The summed E-state index contributed by atoms with van der Waals surface area (Å²) in [6.45, 7) is 1.14. The molecule has 3 rings (SSSR count).